The fraction of sp³-hybridized carbons (Fsp3) is 0. The molecule has 1 aromatic rings. The largest absolute Gasteiger partial charge is 0.394 e. The second-order valence-corrected chi connectivity index (χ2v) is 1.45. The molecule has 0 atom stereocenters. The lowest BCUT2D eigenvalue weighted by molar-refractivity contribution is -0.121. The van der Waals surface area contributed by atoms with Crippen LogP contribution in [0, 0.1) is 0 Å². The zero-order chi connectivity index (χ0) is 7.40. The highest BCUT2D eigenvalue weighted by molar-refractivity contribution is 5.41. The molecule has 0 aromatic carbocycles. The van der Waals surface area contributed by atoms with E-state index in [1.165, 1.54) is 12.3 Å². The first-order chi connectivity index (χ1) is 4.83. The second-order valence-electron chi connectivity index (χ2n) is 1.45. The van der Waals surface area contributed by atoms with Crippen molar-refractivity contribution in [3.63, 3.8) is 0 Å². The maximum absolute atomic E-state index is 10.5. The van der Waals surface area contributed by atoms with Gasteiger partial charge in [-0.25, -0.2) is 4.98 Å². The summed E-state index contributed by atoms with van der Waals surface area (Å²) in [6.45, 7) is 0.193. The molecule has 1 rings (SSSR count). The highest BCUT2D eigenvalue weighted by Crippen LogP contribution is 1.90. The molecular weight excluding hydrogens is 136 g/mol. The van der Waals surface area contributed by atoms with Crippen molar-refractivity contribution in [2.75, 3.05) is 0 Å². The number of carbonyl (C=O) groups is 1. The molecule has 0 radical (unpaired) electrons. The molecule has 0 bridgehead atoms. The summed E-state index contributed by atoms with van der Waals surface area (Å²) in [6.07, 6.45) is 1.25. The lowest BCUT2D eigenvalue weighted by Gasteiger charge is -1.91. The van der Waals surface area contributed by atoms with E-state index in [4.69, 9.17) is 0 Å². The Morgan fingerprint density at radius 3 is 3.10 bits per heavy atom. The standard InChI is InChI=1S/C5H4N2O3/c8-3-10-5-6-2-1-4(9)7-5/h1-3H,(H,6,7,9). The Morgan fingerprint density at radius 1 is 1.70 bits per heavy atom. The predicted octanol–water partition coefficient (Wildman–Crippen LogP) is -0.695. The summed E-state index contributed by atoms with van der Waals surface area (Å²) in [5, 5.41) is 0. The zero-order valence-electron chi connectivity index (χ0n) is 4.90. The van der Waals surface area contributed by atoms with Crippen molar-refractivity contribution in [3.05, 3.63) is 22.6 Å². The molecule has 5 heteroatoms. The van der Waals surface area contributed by atoms with E-state index < -0.39 is 0 Å². The zero-order valence-corrected chi connectivity index (χ0v) is 4.90. The number of carbonyl (C=O) groups excluding carboxylic acids is 1. The number of nitrogens with zero attached hydrogens (tertiary/aromatic N) is 1. The van der Waals surface area contributed by atoms with Crippen LogP contribution in [0.4, 0.5) is 0 Å². The van der Waals surface area contributed by atoms with E-state index >= 15 is 0 Å². The van der Waals surface area contributed by atoms with E-state index in [2.05, 4.69) is 14.7 Å². The summed E-state index contributed by atoms with van der Waals surface area (Å²) in [4.78, 5) is 25.9. The Labute approximate surface area is 55.7 Å². The van der Waals surface area contributed by atoms with Crippen LogP contribution in [0.25, 0.3) is 0 Å². The second kappa shape index (κ2) is 2.77. The van der Waals surface area contributed by atoms with Crippen molar-refractivity contribution >= 4 is 6.47 Å². The minimum absolute atomic E-state index is 0.0949. The van der Waals surface area contributed by atoms with E-state index in [9.17, 15) is 9.59 Å². The molecule has 0 fully saturated rings. The molecule has 0 saturated carbocycles. The summed E-state index contributed by atoms with van der Waals surface area (Å²) in [5.74, 6) is 0. The van der Waals surface area contributed by atoms with E-state index in [1.54, 1.807) is 0 Å². The van der Waals surface area contributed by atoms with Crippen molar-refractivity contribution in [2.24, 2.45) is 0 Å². The average molecular weight is 140 g/mol. The number of nitrogens with one attached hydrogen (secondary N) is 1. The summed E-state index contributed by atoms with van der Waals surface area (Å²) in [7, 11) is 0. The highest BCUT2D eigenvalue weighted by atomic mass is 16.5. The molecule has 5 nitrogen and oxygen atoms in total. The van der Waals surface area contributed by atoms with Crippen LogP contribution in [-0.4, -0.2) is 16.4 Å². The highest BCUT2D eigenvalue weighted by Gasteiger charge is 1.90. The smallest absolute Gasteiger partial charge is 0.304 e. The van der Waals surface area contributed by atoms with Crippen LogP contribution < -0.4 is 10.3 Å². The molecule has 0 unspecified atom stereocenters. The molecule has 0 saturated heterocycles. The van der Waals surface area contributed by atoms with Gasteiger partial charge in [-0.05, 0) is 0 Å². The molecule has 10 heavy (non-hydrogen) atoms. The van der Waals surface area contributed by atoms with Gasteiger partial charge in [0.2, 0.25) is 0 Å². The summed E-state index contributed by atoms with van der Waals surface area (Å²) < 4.78 is 4.24. The Kier molecular flexibility index (Phi) is 1.79. The van der Waals surface area contributed by atoms with Gasteiger partial charge in [0.1, 0.15) is 0 Å². The maximum Gasteiger partial charge on any atom is 0.304 e. The topological polar surface area (TPSA) is 72.0 Å². The fourth-order valence-corrected chi connectivity index (χ4v) is 0.457. The Bertz CT molecular complexity index is 280. The molecular formula is C5H4N2O3. The lowest BCUT2D eigenvalue weighted by atomic mass is 10.7. The Hall–Kier alpha value is -1.65. The number of H-pyrrole nitrogens is 1. The minimum Gasteiger partial charge on any atom is -0.394 e. The van der Waals surface area contributed by atoms with Gasteiger partial charge in [-0.3, -0.25) is 14.6 Å². The van der Waals surface area contributed by atoms with Gasteiger partial charge in [-0.1, -0.05) is 0 Å². The number of aromatic amines is 1. The summed E-state index contributed by atoms with van der Waals surface area (Å²) in [6, 6.07) is 1.12. The van der Waals surface area contributed by atoms with Gasteiger partial charge < -0.3 is 4.74 Å². The first kappa shape index (κ1) is 6.47. The van der Waals surface area contributed by atoms with Crippen LogP contribution in [0.2, 0.25) is 0 Å². The molecule has 1 heterocycles. The van der Waals surface area contributed by atoms with Crippen LogP contribution >= 0.6 is 0 Å². The van der Waals surface area contributed by atoms with E-state index in [-0.39, 0.29) is 18.0 Å². The number of ether oxygens (including phenoxy) is 1. The summed E-state index contributed by atoms with van der Waals surface area (Å²) in [5.41, 5.74) is -0.355. The number of aromatic nitrogens is 2. The molecule has 0 spiro atoms. The maximum atomic E-state index is 10.5. The third-order valence-corrected chi connectivity index (χ3v) is 0.808. The average Bonchev–Trinajstić information content (AvgIpc) is 1.88. The van der Waals surface area contributed by atoms with Gasteiger partial charge >= 0.3 is 12.5 Å². The van der Waals surface area contributed by atoms with E-state index in [0.717, 1.165) is 0 Å². The quantitative estimate of drug-likeness (QED) is 0.551. The van der Waals surface area contributed by atoms with Gasteiger partial charge in [-0.2, -0.15) is 0 Å². The van der Waals surface area contributed by atoms with Gasteiger partial charge in [0.25, 0.3) is 5.56 Å². The molecule has 1 N–H and O–H groups in total. The van der Waals surface area contributed by atoms with Gasteiger partial charge in [0.05, 0.1) is 0 Å². The fourth-order valence-electron chi connectivity index (χ4n) is 0.457. The molecule has 0 aliphatic rings. The molecule has 0 amide bonds. The van der Waals surface area contributed by atoms with Crippen LogP contribution in [0.1, 0.15) is 0 Å². The number of rotatable bonds is 2. The van der Waals surface area contributed by atoms with Crippen molar-refractivity contribution in [2.45, 2.75) is 0 Å². The van der Waals surface area contributed by atoms with Crippen LogP contribution in [-0.2, 0) is 4.79 Å². The van der Waals surface area contributed by atoms with E-state index in [0.29, 0.717) is 0 Å². The van der Waals surface area contributed by atoms with Crippen molar-refractivity contribution < 1.29 is 9.53 Å². The van der Waals surface area contributed by atoms with Crippen molar-refractivity contribution in [1.29, 1.82) is 0 Å². The Morgan fingerprint density at radius 2 is 2.50 bits per heavy atom. The van der Waals surface area contributed by atoms with Crippen molar-refractivity contribution in [1.82, 2.24) is 9.97 Å². The molecule has 52 valence electrons. The van der Waals surface area contributed by atoms with Crippen LogP contribution in [0.15, 0.2) is 17.1 Å². The monoisotopic (exact) mass is 140 g/mol. The third-order valence-electron chi connectivity index (χ3n) is 0.808. The predicted molar refractivity (Wildman–Crippen MR) is 31.5 cm³/mol. The SMILES string of the molecule is O=COc1nccc(=O)[nH]1. The first-order valence-corrected chi connectivity index (χ1v) is 2.48. The van der Waals surface area contributed by atoms with E-state index in [1.807, 2.05) is 0 Å². The third kappa shape index (κ3) is 1.41. The minimum atomic E-state index is -0.355. The Balaban J connectivity index is 2.95. The molecule has 0 aliphatic carbocycles. The lowest BCUT2D eigenvalue weighted by Crippen LogP contribution is -2.06. The van der Waals surface area contributed by atoms with Gasteiger partial charge in [-0.15, -0.1) is 0 Å². The molecule has 0 aliphatic heterocycles. The van der Waals surface area contributed by atoms with Crippen molar-refractivity contribution in [3.8, 4) is 6.01 Å². The normalized spacial score (nSPS) is 8.80. The summed E-state index contributed by atoms with van der Waals surface area (Å²) >= 11 is 0. The number of hydrogen-bond donors (Lipinski definition) is 1. The van der Waals surface area contributed by atoms with Crippen LogP contribution in [0.3, 0.4) is 0 Å². The van der Waals surface area contributed by atoms with Gasteiger partial charge in [0.15, 0.2) is 0 Å². The van der Waals surface area contributed by atoms with Gasteiger partial charge in [0, 0.05) is 12.3 Å². The number of hydrogen-bond acceptors (Lipinski definition) is 4. The van der Waals surface area contributed by atoms with Crippen LogP contribution in [0.5, 0.6) is 6.01 Å². The molecule has 1 aromatic heterocycles. The first-order valence-electron chi connectivity index (χ1n) is 2.48.